The van der Waals surface area contributed by atoms with Crippen molar-refractivity contribution in [3.05, 3.63) is 60.2 Å². The summed E-state index contributed by atoms with van der Waals surface area (Å²) in [6, 6.07) is 21.1. The smallest absolute Gasteiger partial charge is 0.186 e. The van der Waals surface area contributed by atoms with Crippen LogP contribution in [0.5, 0.6) is 0 Å². The van der Waals surface area contributed by atoms with Crippen LogP contribution in [0.25, 0.3) is 10.2 Å². The number of benzene rings is 2. The van der Waals surface area contributed by atoms with Crippen molar-refractivity contribution in [2.45, 2.75) is 24.8 Å². The summed E-state index contributed by atoms with van der Waals surface area (Å²) >= 11 is 1.73. The second kappa shape index (κ2) is 6.02. The highest BCUT2D eigenvalue weighted by Crippen LogP contribution is 2.38. The van der Waals surface area contributed by atoms with Gasteiger partial charge in [-0.2, -0.15) is 5.26 Å². The lowest BCUT2D eigenvalue weighted by Gasteiger charge is -2.27. The van der Waals surface area contributed by atoms with E-state index in [0.29, 0.717) is 0 Å². The van der Waals surface area contributed by atoms with Gasteiger partial charge in [0.05, 0.1) is 28.2 Å². The third-order valence-corrected chi connectivity index (χ3v) is 5.58. The first-order chi connectivity index (χ1) is 11.4. The Morgan fingerprint density at radius 1 is 1.13 bits per heavy atom. The number of hydrogen-bond donors (Lipinski definition) is 0. The van der Waals surface area contributed by atoms with Gasteiger partial charge in [-0.1, -0.05) is 53.8 Å². The third kappa shape index (κ3) is 2.58. The lowest BCUT2D eigenvalue weighted by atomic mass is 9.91. The molecule has 0 amide bonds. The van der Waals surface area contributed by atoms with Crippen LogP contribution in [0.1, 0.15) is 24.3 Å². The van der Waals surface area contributed by atoms with Crippen LogP contribution in [0.15, 0.2) is 54.6 Å². The lowest BCUT2D eigenvalue weighted by Crippen LogP contribution is -2.33. The van der Waals surface area contributed by atoms with Crippen molar-refractivity contribution in [2.24, 2.45) is 0 Å². The molecule has 4 heteroatoms. The first-order valence-electron chi connectivity index (χ1n) is 7.93. The summed E-state index contributed by atoms with van der Waals surface area (Å²) in [5.41, 5.74) is 2.15. The predicted molar refractivity (Wildman–Crippen MR) is 94.8 cm³/mol. The molecule has 4 rings (SSSR count). The summed E-state index contributed by atoms with van der Waals surface area (Å²) in [6.07, 6.45) is 2.16. The highest BCUT2D eigenvalue weighted by molar-refractivity contribution is 7.22. The van der Waals surface area contributed by atoms with E-state index >= 15 is 0 Å². The Bertz CT molecular complexity index is 817. The van der Waals surface area contributed by atoms with Crippen LogP contribution in [0.4, 0.5) is 5.13 Å². The van der Waals surface area contributed by atoms with Gasteiger partial charge in [0.15, 0.2) is 5.13 Å². The standard InChI is InChI=1S/C19H17N3S/c20-13-15(14-7-2-1-3-8-14)17-10-6-12-22(17)19-21-16-9-4-5-11-18(16)23-19/h1-5,7-9,11,15,17H,6,10,12H2. The Labute approximate surface area is 139 Å². The van der Waals surface area contributed by atoms with Crippen LogP contribution in [0, 0.1) is 11.3 Å². The van der Waals surface area contributed by atoms with E-state index in [2.05, 4.69) is 35.2 Å². The van der Waals surface area contributed by atoms with Gasteiger partial charge in [-0.3, -0.25) is 0 Å². The minimum absolute atomic E-state index is 0.106. The summed E-state index contributed by atoms with van der Waals surface area (Å²) in [4.78, 5) is 7.13. The SMILES string of the molecule is N#CC(c1ccccc1)C1CCCN1c1nc2ccccc2s1. The zero-order valence-corrected chi connectivity index (χ0v) is 13.5. The first-order valence-corrected chi connectivity index (χ1v) is 8.75. The van der Waals surface area contributed by atoms with E-state index in [1.807, 2.05) is 30.3 Å². The molecule has 2 atom stereocenters. The van der Waals surface area contributed by atoms with E-state index in [9.17, 15) is 5.26 Å². The van der Waals surface area contributed by atoms with Gasteiger partial charge in [0.25, 0.3) is 0 Å². The fourth-order valence-corrected chi connectivity index (χ4v) is 4.45. The predicted octanol–water partition coefficient (Wildman–Crippen LogP) is 4.57. The Balaban J connectivity index is 1.69. The van der Waals surface area contributed by atoms with Crippen molar-refractivity contribution < 1.29 is 0 Å². The summed E-state index contributed by atoms with van der Waals surface area (Å²) in [7, 11) is 0. The molecule has 1 fully saturated rings. The third-order valence-electron chi connectivity index (χ3n) is 4.51. The van der Waals surface area contributed by atoms with E-state index < -0.39 is 0 Å². The van der Waals surface area contributed by atoms with Crippen molar-refractivity contribution in [1.29, 1.82) is 5.26 Å². The van der Waals surface area contributed by atoms with E-state index in [1.54, 1.807) is 11.3 Å². The molecule has 23 heavy (non-hydrogen) atoms. The lowest BCUT2D eigenvalue weighted by molar-refractivity contribution is 0.611. The fourth-order valence-electron chi connectivity index (χ4n) is 3.40. The summed E-state index contributed by atoms with van der Waals surface area (Å²) < 4.78 is 1.21. The molecule has 1 saturated heterocycles. The molecule has 0 radical (unpaired) electrons. The topological polar surface area (TPSA) is 39.9 Å². The van der Waals surface area contributed by atoms with Crippen LogP contribution in [0.3, 0.4) is 0 Å². The van der Waals surface area contributed by atoms with Gasteiger partial charge >= 0.3 is 0 Å². The second-order valence-corrected chi connectivity index (χ2v) is 6.89. The molecule has 114 valence electrons. The van der Waals surface area contributed by atoms with Crippen LogP contribution in [-0.4, -0.2) is 17.6 Å². The molecule has 1 aromatic heterocycles. The molecule has 0 N–H and O–H groups in total. The van der Waals surface area contributed by atoms with Gasteiger partial charge < -0.3 is 4.90 Å². The number of aromatic nitrogens is 1. The number of thiazole rings is 1. The monoisotopic (exact) mass is 319 g/mol. The number of fused-ring (bicyclic) bond motifs is 1. The van der Waals surface area contributed by atoms with Crippen molar-refractivity contribution in [2.75, 3.05) is 11.4 Å². The highest BCUT2D eigenvalue weighted by atomic mass is 32.1. The molecule has 1 aliphatic heterocycles. The summed E-state index contributed by atoms with van der Waals surface area (Å²) in [6.45, 7) is 0.982. The van der Waals surface area contributed by atoms with Gasteiger partial charge in [-0.05, 0) is 30.5 Å². The highest BCUT2D eigenvalue weighted by Gasteiger charge is 2.34. The van der Waals surface area contributed by atoms with E-state index in [4.69, 9.17) is 4.98 Å². The number of para-hydroxylation sites is 1. The van der Waals surface area contributed by atoms with Crippen LogP contribution >= 0.6 is 11.3 Å². The maximum Gasteiger partial charge on any atom is 0.186 e. The molecule has 2 unspecified atom stereocenters. The second-order valence-electron chi connectivity index (χ2n) is 5.88. The molecule has 0 saturated carbocycles. The van der Waals surface area contributed by atoms with E-state index in [-0.39, 0.29) is 12.0 Å². The van der Waals surface area contributed by atoms with Crippen molar-refractivity contribution in [3.63, 3.8) is 0 Å². The minimum Gasteiger partial charge on any atom is -0.343 e. The normalized spacial score (nSPS) is 18.9. The zero-order chi connectivity index (χ0) is 15.6. The number of nitrogens with zero attached hydrogens (tertiary/aromatic N) is 3. The fraction of sp³-hybridized carbons (Fsp3) is 0.263. The average molecular weight is 319 g/mol. The van der Waals surface area contributed by atoms with Crippen molar-refractivity contribution in [3.8, 4) is 6.07 Å². The van der Waals surface area contributed by atoms with Crippen LogP contribution in [0.2, 0.25) is 0 Å². The minimum atomic E-state index is -0.106. The summed E-state index contributed by atoms with van der Waals surface area (Å²) in [5, 5.41) is 10.8. The van der Waals surface area contributed by atoms with E-state index in [1.165, 1.54) is 4.70 Å². The van der Waals surface area contributed by atoms with Crippen LogP contribution < -0.4 is 4.90 Å². The van der Waals surface area contributed by atoms with Gasteiger partial charge in [-0.15, -0.1) is 0 Å². The molecular formula is C19H17N3S. The largest absolute Gasteiger partial charge is 0.343 e. The molecular weight excluding hydrogens is 302 g/mol. The number of anilines is 1. The van der Waals surface area contributed by atoms with E-state index in [0.717, 1.165) is 35.6 Å². The average Bonchev–Trinajstić information content (AvgIpc) is 3.23. The van der Waals surface area contributed by atoms with Crippen molar-refractivity contribution in [1.82, 2.24) is 4.98 Å². The van der Waals surface area contributed by atoms with Gasteiger partial charge in [-0.25, -0.2) is 4.98 Å². The molecule has 3 aromatic rings. The number of nitriles is 1. The number of rotatable bonds is 3. The van der Waals surface area contributed by atoms with Gasteiger partial charge in [0.1, 0.15) is 0 Å². The van der Waals surface area contributed by atoms with Crippen LogP contribution in [-0.2, 0) is 0 Å². The molecule has 0 bridgehead atoms. The summed E-state index contributed by atoms with van der Waals surface area (Å²) in [5.74, 6) is -0.106. The molecule has 0 spiro atoms. The maximum atomic E-state index is 9.75. The first kappa shape index (κ1) is 14.2. The Morgan fingerprint density at radius 2 is 1.91 bits per heavy atom. The molecule has 3 nitrogen and oxygen atoms in total. The molecule has 2 heterocycles. The molecule has 1 aliphatic rings. The molecule has 2 aromatic carbocycles. The maximum absolute atomic E-state index is 9.75. The van der Waals surface area contributed by atoms with Crippen molar-refractivity contribution >= 4 is 26.7 Å². The Kier molecular flexibility index (Phi) is 3.72. The zero-order valence-electron chi connectivity index (χ0n) is 12.7. The molecule has 0 aliphatic carbocycles. The Morgan fingerprint density at radius 3 is 2.70 bits per heavy atom. The Hall–Kier alpha value is -2.38. The number of hydrogen-bond acceptors (Lipinski definition) is 4. The van der Waals surface area contributed by atoms with Gasteiger partial charge in [0, 0.05) is 6.54 Å². The van der Waals surface area contributed by atoms with Gasteiger partial charge in [0.2, 0.25) is 0 Å². The quantitative estimate of drug-likeness (QED) is 0.710.